The van der Waals surface area contributed by atoms with Crippen LogP contribution in [0.4, 0.5) is 13.2 Å². The Morgan fingerprint density at radius 1 is 0.960 bits per heavy atom. The van der Waals surface area contributed by atoms with Gasteiger partial charge >= 0.3 is 6.18 Å². The lowest BCUT2D eigenvalue weighted by Gasteiger charge is -2.03. The third-order valence-electron chi connectivity index (χ3n) is 3.67. The third kappa shape index (κ3) is 2.86. The first-order chi connectivity index (χ1) is 12.0. The summed E-state index contributed by atoms with van der Waals surface area (Å²) in [4.78, 5) is 7.80. The van der Waals surface area contributed by atoms with Crippen LogP contribution in [0.2, 0.25) is 0 Å². The molecule has 0 aliphatic carbocycles. The molecule has 1 aromatic carbocycles. The number of hydrogen-bond donors (Lipinski definition) is 0. The number of pyridine rings is 1. The summed E-state index contributed by atoms with van der Waals surface area (Å²) in [5, 5.41) is 3.80. The molecule has 0 unspecified atom stereocenters. The maximum atomic E-state index is 13.4. The minimum Gasteiger partial charge on any atom is -0.332 e. The van der Waals surface area contributed by atoms with E-state index in [1.165, 1.54) is 16.7 Å². The van der Waals surface area contributed by atoms with Crippen LogP contribution in [0.15, 0.2) is 59.3 Å². The Balaban J connectivity index is 1.80. The van der Waals surface area contributed by atoms with E-state index in [1.807, 2.05) is 30.3 Å². The average Bonchev–Trinajstić information content (AvgIpc) is 3.19. The Hall–Kier alpha value is -3.16. The molecule has 0 saturated heterocycles. The summed E-state index contributed by atoms with van der Waals surface area (Å²) in [7, 11) is 0. The van der Waals surface area contributed by atoms with Crippen molar-refractivity contribution in [3.63, 3.8) is 0 Å². The lowest BCUT2D eigenvalue weighted by molar-refractivity contribution is -0.140. The number of halogens is 3. The molecule has 5 nitrogen and oxygen atoms in total. The molecule has 3 heterocycles. The monoisotopic (exact) mass is 344 g/mol. The van der Waals surface area contributed by atoms with Gasteiger partial charge in [-0.2, -0.15) is 18.2 Å². The number of nitrogens with zero attached hydrogens (tertiary/aromatic N) is 4. The second-order valence-corrected chi connectivity index (χ2v) is 5.41. The van der Waals surface area contributed by atoms with Crippen LogP contribution in [0.25, 0.3) is 17.2 Å². The molecule has 0 saturated carbocycles. The highest BCUT2D eigenvalue weighted by Gasteiger charge is 2.40. The Labute approximate surface area is 139 Å². The molecule has 0 aliphatic rings. The van der Waals surface area contributed by atoms with E-state index >= 15 is 0 Å². The number of imidazole rings is 1. The van der Waals surface area contributed by atoms with Crippen molar-refractivity contribution in [3.05, 3.63) is 71.8 Å². The zero-order valence-electron chi connectivity index (χ0n) is 12.7. The van der Waals surface area contributed by atoms with Crippen molar-refractivity contribution >= 4 is 5.65 Å². The molecule has 3 aromatic heterocycles. The van der Waals surface area contributed by atoms with E-state index in [-0.39, 0.29) is 17.2 Å². The molecule has 0 fully saturated rings. The molecule has 0 spiro atoms. The molecule has 0 N–H and O–H groups in total. The molecule has 0 bridgehead atoms. The smallest absolute Gasteiger partial charge is 0.332 e. The molecular formula is C17H11F3N4O. The van der Waals surface area contributed by atoms with Crippen molar-refractivity contribution in [1.29, 1.82) is 0 Å². The molecular weight excluding hydrogens is 333 g/mol. The second-order valence-electron chi connectivity index (χ2n) is 5.41. The lowest BCUT2D eigenvalue weighted by atomic mass is 10.1. The predicted octanol–water partition coefficient (Wildman–Crippen LogP) is 3.99. The van der Waals surface area contributed by atoms with E-state index in [9.17, 15) is 13.2 Å². The molecule has 0 radical (unpaired) electrons. The van der Waals surface area contributed by atoms with Gasteiger partial charge in [0.15, 0.2) is 11.5 Å². The summed E-state index contributed by atoms with van der Waals surface area (Å²) in [6, 6.07) is 14.1. The molecule has 8 heteroatoms. The van der Waals surface area contributed by atoms with Crippen molar-refractivity contribution in [2.24, 2.45) is 0 Å². The van der Waals surface area contributed by atoms with Gasteiger partial charge in [0.25, 0.3) is 5.89 Å². The fourth-order valence-electron chi connectivity index (χ4n) is 2.60. The van der Waals surface area contributed by atoms with Crippen LogP contribution < -0.4 is 0 Å². The highest BCUT2D eigenvalue weighted by Crippen LogP contribution is 2.36. The Morgan fingerprint density at radius 3 is 2.48 bits per heavy atom. The molecule has 0 amide bonds. The van der Waals surface area contributed by atoms with E-state index in [1.54, 1.807) is 12.1 Å². The normalized spacial score (nSPS) is 12.0. The van der Waals surface area contributed by atoms with Gasteiger partial charge < -0.3 is 4.52 Å². The largest absolute Gasteiger partial charge is 0.435 e. The maximum Gasteiger partial charge on any atom is 0.435 e. The van der Waals surface area contributed by atoms with Gasteiger partial charge in [0, 0.05) is 12.6 Å². The summed E-state index contributed by atoms with van der Waals surface area (Å²) in [6.45, 7) is 0. The fraction of sp³-hybridized carbons (Fsp3) is 0.118. The van der Waals surface area contributed by atoms with Crippen LogP contribution in [0.1, 0.15) is 17.1 Å². The van der Waals surface area contributed by atoms with Crippen LogP contribution in [0, 0.1) is 0 Å². The average molecular weight is 344 g/mol. The van der Waals surface area contributed by atoms with E-state index in [4.69, 9.17) is 4.52 Å². The first-order valence-electron chi connectivity index (χ1n) is 7.43. The van der Waals surface area contributed by atoms with Crippen LogP contribution in [-0.4, -0.2) is 19.5 Å². The van der Waals surface area contributed by atoms with Crippen molar-refractivity contribution in [1.82, 2.24) is 19.5 Å². The van der Waals surface area contributed by atoms with Gasteiger partial charge in [-0.1, -0.05) is 41.6 Å². The zero-order valence-corrected chi connectivity index (χ0v) is 12.7. The SMILES string of the molecule is FC(F)(F)c1nc2ccccn2c1-c1nc(Cc2ccccc2)no1. The predicted molar refractivity (Wildman–Crippen MR) is 82.7 cm³/mol. The molecule has 0 aliphatic heterocycles. The Morgan fingerprint density at radius 2 is 1.72 bits per heavy atom. The zero-order chi connectivity index (χ0) is 17.4. The summed E-state index contributed by atoms with van der Waals surface area (Å²) >= 11 is 0. The number of aromatic nitrogens is 4. The summed E-state index contributed by atoms with van der Waals surface area (Å²) in [5.74, 6) is 0.0946. The number of fused-ring (bicyclic) bond motifs is 1. The van der Waals surface area contributed by atoms with E-state index < -0.39 is 11.9 Å². The minimum absolute atomic E-state index is 0.160. The fourth-order valence-corrected chi connectivity index (χ4v) is 2.60. The number of benzene rings is 1. The summed E-state index contributed by atoms with van der Waals surface area (Å²) < 4.78 is 46.5. The molecule has 25 heavy (non-hydrogen) atoms. The topological polar surface area (TPSA) is 56.2 Å². The van der Waals surface area contributed by atoms with Crippen LogP contribution >= 0.6 is 0 Å². The van der Waals surface area contributed by atoms with Gasteiger partial charge in [-0.05, 0) is 17.7 Å². The van der Waals surface area contributed by atoms with Gasteiger partial charge in [0.1, 0.15) is 11.3 Å². The van der Waals surface area contributed by atoms with Crippen molar-refractivity contribution in [3.8, 4) is 11.6 Å². The van der Waals surface area contributed by atoms with Gasteiger partial charge in [0.2, 0.25) is 0 Å². The van der Waals surface area contributed by atoms with Crippen LogP contribution in [0.3, 0.4) is 0 Å². The van der Waals surface area contributed by atoms with Gasteiger partial charge in [-0.3, -0.25) is 4.40 Å². The standard InChI is InChI=1S/C17H11F3N4O/c18-17(19,20)15-14(24-9-5-4-8-13(24)22-15)16-21-12(23-25-16)10-11-6-2-1-3-7-11/h1-9H,10H2. The van der Waals surface area contributed by atoms with Crippen LogP contribution in [-0.2, 0) is 12.6 Å². The van der Waals surface area contributed by atoms with E-state index in [2.05, 4.69) is 15.1 Å². The molecule has 4 aromatic rings. The lowest BCUT2D eigenvalue weighted by Crippen LogP contribution is -2.08. The summed E-state index contributed by atoms with van der Waals surface area (Å²) in [6.07, 6.45) is -2.79. The molecule has 0 atom stereocenters. The third-order valence-corrected chi connectivity index (χ3v) is 3.67. The van der Waals surface area contributed by atoms with E-state index in [0.717, 1.165) is 5.56 Å². The van der Waals surface area contributed by atoms with Crippen LogP contribution in [0.5, 0.6) is 0 Å². The highest BCUT2D eigenvalue weighted by molar-refractivity contribution is 5.61. The number of hydrogen-bond acceptors (Lipinski definition) is 4. The number of alkyl halides is 3. The van der Waals surface area contributed by atoms with Gasteiger partial charge in [0.05, 0.1) is 0 Å². The first-order valence-corrected chi connectivity index (χ1v) is 7.43. The molecule has 126 valence electrons. The maximum absolute atomic E-state index is 13.4. The Kier molecular flexibility index (Phi) is 3.52. The van der Waals surface area contributed by atoms with Crippen molar-refractivity contribution in [2.45, 2.75) is 12.6 Å². The summed E-state index contributed by atoms with van der Waals surface area (Å²) in [5.41, 5.74) is -0.208. The van der Waals surface area contributed by atoms with Gasteiger partial charge in [-0.15, -0.1) is 0 Å². The number of rotatable bonds is 3. The highest BCUT2D eigenvalue weighted by atomic mass is 19.4. The van der Waals surface area contributed by atoms with Crippen molar-refractivity contribution in [2.75, 3.05) is 0 Å². The first kappa shape index (κ1) is 15.4. The van der Waals surface area contributed by atoms with E-state index in [0.29, 0.717) is 12.2 Å². The Bertz CT molecular complexity index is 1020. The molecule has 4 rings (SSSR count). The van der Waals surface area contributed by atoms with Crippen molar-refractivity contribution < 1.29 is 17.7 Å². The second kappa shape index (κ2) is 5.73. The quantitative estimate of drug-likeness (QED) is 0.564. The minimum atomic E-state index is -4.63. The van der Waals surface area contributed by atoms with Gasteiger partial charge in [-0.25, -0.2) is 4.98 Å².